The lowest BCUT2D eigenvalue weighted by atomic mass is 10.2. The Morgan fingerprint density at radius 1 is 1.18 bits per heavy atom. The Morgan fingerprint density at radius 3 is 2.45 bits per heavy atom. The third-order valence-electron chi connectivity index (χ3n) is 3.19. The zero-order chi connectivity index (χ0) is 16.5. The quantitative estimate of drug-likeness (QED) is 0.596. The fourth-order valence-corrected chi connectivity index (χ4v) is 3.76. The molecule has 116 valence electrons. The predicted molar refractivity (Wildman–Crippen MR) is 87.6 cm³/mol. The summed E-state index contributed by atoms with van der Waals surface area (Å²) in [6.45, 7) is 1.60. The predicted octanol–water partition coefficient (Wildman–Crippen LogP) is 3.49. The van der Waals surface area contributed by atoms with Crippen molar-refractivity contribution in [2.45, 2.75) is 11.8 Å². The summed E-state index contributed by atoms with van der Waals surface area (Å²) in [5, 5.41) is 10.9. The number of halogens is 1. The number of rotatable bonds is 4. The normalized spacial score (nSPS) is 11.2. The number of nitro benzene ring substituents is 1. The summed E-state index contributed by atoms with van der Waals surface area (Å²) in [6.07, 6.45) is 0. The molecule has 0 amide bonds. The van der Waals surface area contributed by atoms with Gasteiger partial charge in [0.15, 0.2) is 0 Å². The van der Waals surface area contributed by atoms with Gasteiger partial charge in [0.25, 0.3) is 15.7 Å². The Kier molecular flexibility index (Phi) is 4.52. The van der Waals surface area contributed by atoms with Crippen LogP contribution in [0.5, 0.6) is 0 Å². The standard InChI is InChI=1S/C14H13BrN2O4S/c1-10-6-7-13(17(18)19)9-14(10)22(20,21)16(2)12-5-3-4-11(15)8-12/h3-9H,1-2H3. The van der Waals surface area contributed by atoms with Crippen molar-refractivity contribution in [2.75, 3.05) is 11.4 Å². The van der Waals surface area contributed by atoms with E-state index >= 15 is 0 Å². The molecule has 8 heteroatoms. The zero-order valence-electron chi connectivity index (χ0n) is 11.9. The lowest BCUT2D eigenvalue weighted by Crippen LogP contribution is -2.27. The first-order chi connectivity index (χ1) is 10.2. The van der Waals surface area contributed by atoms with E-state index in [4.69, 9.17) is 0 Å². The second-order valence-electron chi connectivity index (χ2n) is 4.66. The van der Waals surface area contributed by atoms with Gasteiger partial charge in [-0.25, -0.2) is 8.42 Å². The SMILES string of the molecule is Cc1ccc([N+](=O)[O-])cc1S(=O)(=O)N(C)c1cccc(Br)c1. The number of anilines is 1. The van der Waals surface area contributed by atoms with Crippen LogP contribution in [0.15, 0.2) is 51.8 Å². The summed E-state index contributed by atoms with van der Waals surface area (Å²) in [5.74, 6) is 0. The number of non-ortho nitro benzene ring substituents is 1. The van der Waals surface area contributed by atoms with Crippen molar-refractivity contribution in [1.29, 1.82) is 0 Å². The van der Waals surface area contributed by atoms with E-state index in [0.29, 0.717) is 11.3 Å². The average Bonchev–Trinajstić information content (AvgIpc) is 2.46. The Bertz CT molecular complexity index is 836. The van der Waals surface area contributed by atoms with Crippen LogP contribution in [-0.4, -0.2) is 20.4 Å². The zero-order valence-corrected chi connectivity index (χ0v) is 14.3. The fraction of sp³-hybridized carbons (Fsp3) is 0.143. The van der Waals surface area contributed by atoms with Gasteiger partial charge in [-0.15, -0.1) is 0 Å². The topological polar surface area (TPSA) is 80.5 Å². The lowest BCUT2D eigenvalue weighted by molar-refractivity contribution is -0.385. The molecule has 0 N–H and O–H groups in total. The van der Waals surface area contributed by atoms with Gasteiger partial charge in [0, 0.05) is 23.7 Å². The van der Waals surface area contributed by atoms with Crippen molar-refractivity contribution in [3.63, 3.8) is 0 Å². The molecule has 0 spiro atoms. The van der Waals surface area contributed by atoms with Crippen molar-refractivity contribution in [2.24, 2.45) is 0 Å². The minimum absolute atomic E-state index is 0.0795. The van der Waals surface area contributed by atoms with Crippen LogP contribution >= 0.6 is 15.9 Å². The highest BCUT2D eigenvalue weighted by molar-refractivity contribution is 9.10. The van der Waals surface area contributed by atoms with Crippen molar-refractivity contribution < 1.29 is 13.3 Å². The van der Waals surface area contributed by atoms with Crippen LogP contribution in [0.1, 0.15) is 5.56 Å². The smallest absolute Gasteiger partial charge is 0.269 e. The summed E-state index contributed by atoms with van der Waals surface area (Å²) >= 11 is 3.29. The van der Waals surface area contributed by atoms with Crippen LogP contribution in [-0.2, 0) is 10.0 Å². The van der Waals surface area contributed by atoms with E-state index in [1.807, 2.05) is 0 Å². The summed E-state index contributed by atoms with van der Waals surface area (Å²) in [4.78, 5) is 10.2. The third-order valence-corrected chi connectivity index (χ3v) is 5.61. The minimum atomic E-state index is -3.89. The summed E-state index contributed by atoms with van der Waals surface area (Å²) in [6, 6.07) is 10.6. The Balaban J connectivity index is 2.55. The number of hydrogen-bond donors (Lipinski definition) is 0. The van der Waals surface area contributed by atoms with Crippen molar-refractivity contribution in [3.8, 4) is 0 Å². The van der Waals surface area contributed by atoms with Gasteiger partial charge in [-0.3, -0.25) is 14.4 Å². The monoisotopic (exact) mass is 384 g/mol. The molecule has 0 aliphatic carbocycles. The Hall–Kier alpha value is -1.93. The summed E-state index contributed by atoms with van der Waals surface area (Å²) in [5.41, 5.74) is 0.652. The van der Waals surface area contributed by atoms with Crippen molar-refractivity contribution >= 4 is 37.3 Å². The molecule has 0 heterocycles. The minimum Gasteiger partial charge on any atom is -0.269 e. The molecule has 2 aromatic carbocycles. The third kappa shape index (κ3) is 3.12. The largest absolute Gasteiger partial charge is 0.270 e. The van der Waals surface area contributed by atoms with E-state index in [1.54, 1.807) is 31.2 Å². The number of sulfonamides is 1. The second kappa shape index (κ2) is 6.05. The molecule has 0 saturated carbocycles. The molecule has 0 aliphatic heterocycles. The molecule has 6 nitrogen and oxygen atoms in total. The van der Waals surface area contributed by atoms with Crippen molar-refractivity contribution in [3.05, 3.63) is 62.6 Å². The molecule has 0 radical (unpaired) electrons. The first-order valence-electron chi connectivity index (χ1n) is 6.23. The first-order valence-corrected chi connectivity index (χ1v) is 8.46. The van der Waals surface area contributed by atoms with Gasteiger partial charge in [0.05, 0.1) is 15.5 Å². The number of nitro groups is 1. The molecule has 2 aromatic rings. The van der Waals surface area contributed by atoms with Gasteiger partial charge >= 0.3 is 0 Å². The van der Waals surface area contributed by atoms with Crippen LogP contribution in [0.3, 0.4) is 0 Å². The maximum absolute atomic E-state index is 12.7. The molecule has 0 bridgehead atoms. The molecular weight excluding hydrogens is 372 g/mol. The van der Waals surface area contributed by atoms with Crippen LogP contribution in [0.2, 0.25) is 0 Å². The van der Waals surface area contributed by atoms with Crippen LogP contribution in [0.4, 0.5) is 11.4 Å². The Morgan fingerprint density at radius 2 is 1.86 bits per heavy atom. The molecule has 0 atom stereocenters. The van der Waals surface area contributed by atoms with Crippen LogP contribution < -0.4 is 4.31 Å². The summed E-state index contributed by atoms with van der Waals surface area (Å²) < 4.78 is 27.3. The van der Waals surface area contributed by atoms with E-state index < -0.39 is 14.9 Å². The highest BCUT2D eigenvalue weighted by Crippen LogP contribution is 2.28. The molecule has 0 unspecified atom stereocenters. The molecule has 0 fully saturated rings. The highest BCUT2D eigenvalue weighted by Gasteiger charge is 2.25. The molecule has 0 aliphatic rings. The first kappa shape index (κ1) is 16.4. The molecule has 0 aromatic heterocycles. The highest BCUT2D eigenvalue weighted by atomic mass is 79.9. The number of benzene rings is 2. The van der Waals surface area contributed by atoms with E-state index in [2.05, 4.69) is 15.9 Å². The molecule has 22 heavy (non-hydrogen) atoms. The van der Waals surface area contributed by atoms with Crippen LogP contribution in [0, 0.1) is 17.0 Å². The van der Waals surface area contributed by atoms with Gasteiger partial charge < -0.3 is 0 Å². The maximum atomic E-state index is 12.7. The van der Waals surface area contributed by atoms with E-state index in [1.165, 1.54) is 19.2 Å². The van der Waals surface area contributed by atoms with E-state index in [0.717, 1.165) is 14.8 Å². The van der Waals surface area contributed by atoms with Crippen molar-refractivity contribution in [1.82, 2.24) is 0 Å². The van der Waals surface area contributed by atoms with Gasteiger partial charge in [0.2, 0.25) is 0 Å². The second-order valence-corrected chi connectivity index (χ2v) is 7.51. The molecular formula is C14H13BrN2O4S. The molecule has 2 rings (SSSR count). The van der Waals surface area contributed by atoms with Gasteiger partial charge in [-0.2, -0.15) is 0 Å². The van der Waals surface area contributed by atoms with Gasteiger partial charge in [0.1, 0.15) is 0 Å². The van der Waals surface area contributed by atoms with E-state index in [9.17, 15) is 18.5 Å². The fourth-order valence-electron chi connectivity index (χ4n) is 1.94. The maximum Gasteiger partial charge on any atom is 0.270 e. The molecule has 0 saturated heterocycles. The number of hydrogen-bond acceptors (Lipinski definition) is 4. The number of nitrogens with zero attached hydrogens (tertiary/aromatic N) is 2. The Labute approximate surface area is 136 Å². The van der Waals surface area contributed by atoms with Gasteiger partial charge in [-0.1, -0.05) is 28.1 Å². The average molecular weight is 385 g/mol. The lowest BCUT2D eigenvalue weighted by Gasteiger charge is -2.20. The summed E-state index contributed by atoms with van der Waals surface area (Å²) in [7, 11) is -2.48. The number of aryl methyl sites for hydroxylation is 1. The van der Waals surface area contributed by atoms with Gasteiger partial charge in [-0.05, 0) is 30.7 Å². The van der Waals surface area contributed by atoms with Crippen LogP contribution in [0.25, 0.3) is 0 Å². The van der Waals surface area contributed by atoms with E-state index in [-0.39, 0.29) is 10.6 Å².